The van der Waals surface area contributed by atoms with Gasteiger partial charge in [0.05, 0.1) is 0 Å². The Labute approximate surface area is 166 Å². The summed E-state index contributed by atoms with van der Waals surface area (Å²) in [6.45, 7) is 0. The van der Waals surface area contributed by atoms with Gasteiger partial charge in [-0.15, -0.1) is 5.10 Å². The molecule has 0 unspecified atom stereocenters. The van der Waals surface area contributed by atoms with Gasteiger partial charge in [-0.2, -0.15) is 0 Å². The Kier molecular flexibility index (Phi) is 4.40. The highest BCUT2D eigenvalue weighted by Gasteiger charge is 2.18. The third-order valence-corrected chi connectivity index (χ3v) is 5.04. The van der Waals surface area contributed by atoms with E-state index in [2.05, 4.69) is 32.8 Å². The number of carbonyl (C=O) groups excluding carboxylic acids is 1. The topological polar surface area (TPSA) is 94.1 Å². The van der Waals surface area contributed by atoms with E-state index in [1.807, 2.05) is 36.4 Å². The van der Waals surface area contributed by atoms with Crippen LogP contribution in [0.15, 0.2) is 63.5 Å². The SMILES string of the molecule is O=C(Nc1nnc(-c2ccc3c(c2)CCCC3)o1)c1cc(-c2ccccc2)on1. The second kappa shape index (κ2) is 7.35. The van der Waals surface area contributed by atoms with Crippen LogP contribution in [0.25, 0.3) is 22.8 Å². The van der Waals surface area contributed by atoms with Gasteiger partial charge in [-0.05, 0) is 48.9 Å². The largest absolute Gasteiger partial charge is 0.403 e. The fraction of sp³-hybridized carbons (Fsp3) is 0.182. The van der Waals surface area contributed by atoms with Crippen molar-refractivity contribution in [1.29, 1.82) is 0 Å². The molecule has 29 heavy (non-hydrogen) atoms. The van der Waals surface area contributed by atoms with Gasteiger partial charge >= 0.3 is 6.01 Å². The minimum atomic E-state index is -0.475. The van der Waals surface area contributed by atoms with Gasteiger partial charge in [-0.3, -0.25) is 10.1 Å². The van der Waals surface area contributed by atoms with Crippen LogP contribution in [0.4, 0.5) is 6.01 Å². The number of fused-ring (bicyclic) bond motifs is 1. The second-order valence-electron chi connectivity index (χ2n) is 7.00. The van der Waals surface area contributed by atoms with E-state index >= 15 is 0 Å². The second-order valence-corrected chi connectivity index (χ2v) is 7.00. The van der Waals surface area contributed by atoms with Gasteiger partial charge in [0.2, 0.25) is 5.89 Å². The smallest absolute Gasteiger partial charge is 0.322 e. The molecule has 7 heteroatoms. The molecule has 1 N–H and O–H groups in total. The van der Waals surface area contributed by atoms with Gasteiger partial charge in [-0.1, -0.05) is 46.7 Å². The number of rotatable bonds is 4. The molecule has 0 atom stereocenters. The Hall–Kier alpha value is -3.74. The highest BCUT2D eigenvalue weighted by atomic mass is 16.5. The monoisotopic (exact) mass is 386 g/mol. The Bertz CT molecular complexity index is 1160. The van der Waals surface area contributed by atoms with Crippen molar-refractivity contribution in [1.82, 2.24) is 15.4 Å². The van der Waals surface area contributed by atoms with E-state index in [-0.39, 0.29) is 11.7 Å². The first-order chi connectivity index (χ1) is 14.3. The molecule has 2 aromatic carbocycles. The number of hydrogen-bond donors (Lipinski definition) is 1. The molecule has 7 nitrogen and oxygen atoms in total. The van der Waals surface area contributed by atoms with Crippen LogP contribution in [0, 0.1) is 0 Å². The van der Waals surface area contributed by atoms with Crippen molar-refractivity contribution >= 4 is 11.9 Å². The van der Waals surface area contributed by atoms with Crippen molar-refractivity contribution < 1.29 is 13.7 Å². The summed E-state index contributed by atoms with van der Waals surface area (Å²) in [6, 6.07) is 17.2. The molecule has 1 amide bonds. The van der Waals surface area contributed by atoms with Gasteiger partial charge < -0.3 is 8.94 Å². The predicted molar refractivity (Wildman–Crippen MR) is 106 cm³/mol. The number of aromatic nitrogens is 3. The summed E-state index contributed by atoms with van der Waals surface area (Å²) in [5.74, 6) is 0.409. The zero-order chi connectivity index (χ0) is 19.6. The van der Waals surface area contributed by atoms with E-state index in [0.717, 1.165) is 24.0 Å². The van der Waals surface area contributed by atoms with Crippen LogP contribution in [0.2, 0.25) is 0 Å². The number of hydrogen-bond acceptors (Lipinski definition) is 6. The van der Waals surface area contributed by atoms with Gasteiger partial charge in [0.1, 0.15) is 0 Å². The lowest BCUT2D eigenvalue weighted by atomic mass is 9.90. The van der Waals surface area contributed by atoms with E-state index in [4.69, 9.17) is 8.94 Å². The molecule has 1 aliphatic rings. The Morgan fingerprint density at radius 2 is 1.72 bits per heavy atom. The van der Waals surface area contributed by atoms with Gasteiger partial charge in [0.15, 0.2) is 11.5 Å². The molecule has 1 aliphatic carbocycles. The minimum absolute atomic E-state index is 0.0204. The van der Waals surface area contributed by atoms with Crippen molar-refractivity contribution in [2.24, 2.45) is 0 Å². The average molecular weight is 386 g/mol. The molecule has 2 aromatic heterocycles. The van der Waals surface area contributed by atoms with Gasteiger partial charge in [0, 0.05) is 17.2 Å². The molecule has 0 fully saturated rings. The van der Waals surface area contributed by atoms with E-state index in [0.29, 0.717) is 11.7 Å². The molecule has 2 heterocycles. The Balaban J connectivity index is 1.31. The number of anilines is 1. The summed E-state index contributed by atoms with van der Waals surface area (Å²) in [7, 11) is 0. The lowest BCUT2D eigenvalue weighted by Gasteiger charge is -2.15. The zero-order valence-corrected chi connectivity index (χ0v) is 15.6. The maximum Gasteiger partial charge on any atom is 0.322 e. The quantitative estimate of drug-likeness (QED) is 0.554. The lowest BCUT2D eigenvalue weighted by molar-refractivity contribution is 0.101. The van der Waals surface area contributed by atoms with Crippen LogP contribution in [0.5, 0.6) is 0 Å². The molecule has 0 radical (unpaired) electrons. The molecule has 0 spiro atoms. The molecule has 4 aromatic rings. The van der Waals surface area contributed by atoms with Crippen molar-refractivity contribution in [3.63, 3.8) is 0 Å². The van der Waals surface area contributed by atoms with Gasteiger partial charge in [0.25, 0.3) is 5.91 Å². The van der Waals surface area contributed by atoms with E-state index < -0.39 is 5.91 Å². The van der Waals surface area contributed by atoms with Crippen LogP contribution in [0.1, 0.15) is 34.5 Å². The lowest BCUT2D eigenvalue weighted by Crippen LogP contribution is -2.12. The van der Waals surface area contributed by atoms with E-state index in [1.165, 1.54) is 24.0 Å². The maximum atomic E-state index is 12.4. The number of benzene rings is 2. The summed E-state index contributed by atoms with van der Waals surface area (Å²) >= 11 is 0. The highest BCUT2D eigenvalue weighted by molar-refractivity contribution is 6.02. The molecule has 0 aliphatic heterocycles. The number of nitrogens with zero attached hydrogens (tertiary/aromatic N) is 3. The summed E-state index contributed by atoms with van der Waals surface area (Å²) in [5.41, 5.74) is 4.54. The van der Waals surface area contributed by atoms with Crippen LogP contribution in [0.3, 0.4) is 0 Å². The maximum absolute atomic E-state index is 12.4. The summed E-state index contributed by atoms with van der Waals surface area (Å²) in [5, 5.41) is 14.4. The third-order valence-electron chi connectivity index (χ3n) is 5.04. The predicted octanol–water partition coefficient (Wildman–Crippen LogP) is 4.52. The van der Waals surface area contributed by atoms with Crippen LogP contribution in [-0.4, -0.2) is 21.3 Å². The highest BCUT2D eigenvalue weighted by Crippen LogP contribution is 2.27. The molecular weight excluding hydrogens is 368 g/mol. The van der Waals surface area contributed by atoms with Crippen molar-refractivity contribution in [2.45, 2.75) is 25.7 Å². The zero-order valence-electron chi connectivity index (χ0n) is 15.6. The molecule has 0 bridgehead atoms. The van der Waals surface area contributed by atoms with Crippen molar-refractivity contribution in [3.8, 4) is 22.8 Å². The number of nitrogens with one attached hydrogen (secondary N) is 1. The standard InChI is InChI=1S/C22H18N4O3/c27-20(18-13-19(29-26-18)15-7-2-1-3-8-15)23-22-25-24-21(28-22)17-11-10-14-6-4-5-9-16(14)12-17/h1-3,7-8,10-13H,4-6,9H2,(H,23,25,27). The van der Waals surface area contributed by atoms with Crippen LogP contribution >= 0.6 is 0 Å². The number of carbonyl (C=O) groups is 1. The third kappa shape index (κ3) is 3.54. The molecule has 144 valence electrons. The first-order valence-corrected chi connectivity index (χ1v) is 9.55. The fourth-order valence-electron chi connectivity index (χ4n) is 3.54. The number of aryl methyl sites for hydroxylation is 2. The van der Waals surface area contributed by atoms with E-state index in [9.17, 15) is 4.79 Å². The van der Waals surface area contributed by atoms with Crippen LogP contribution < -0.4 is 5.32 Å². The minimum Gasteiger partial charge on any atom is -0.403 e. The number of amides is 1. The molecule has 5 rings (SSSR count). The molecule has 0 saturated carbocycles. The van der Waals surface area contributed by atoms with Crippen molar-refractivity contribution in [3.05, 3.63) is 71.4 Å². The fourth-order valence-corrected chi connectivity index (χ4v) is 3.54. The van der Waals surface area contributed by atoms with Crippen molar-refractivity contribution in [2.75, 3.05) is 5.32 Å². The van der Waals surface area contributed by atoms with E-state index in [1.54, 1.807) is 6.07 Å². The first kappa shape index (κ1) is 17.4. The van der Waals surface area contributed by atoms with Crippen LogP contribution in [-0.2, 0) is 12.8 Å². The molecule has 0 saturated heterocycles. The summed E-state index contributed by atoms with van der Waals surface area (Å²) in [6.07, 6.45) is 4.61. The van der Waals surface area contributed by atoms with Gasteiger partial charge in [-0.25, -0.2) is 0 Å². The summed E-state index contributed by atoms with van der Waals surface area (Å²) < 4.78 is 10.9. The molecular formula is C22H18N4O3. The Morgan fingerprint density at radius 3 is 2.59 bits per heavy atom. The summed E-state index contributed by atoms with van der Waals surface area (Å²) in [4.78, 5) is 12.4. The Morgan fingerprint density at radius 1 is 0.897 bits per heavy atom. The normalized spacial score (nSPS) is 13.1. The first-order valence-electron chi connectivity index (χ1n) is 9.55. The average Bonchev–Trinajstić information content (AvgIpc) is 3.44.